The Labute approximate surface area is 172 Å². The van der Waals surface area contributed by atoms with Gasteiger partial charge in [-0.05, 0) is 68.1 Å². The predicted molar refractivity (Wildman–Crippen MR) is 115 cm³/mol. The number of amides is 1. The van der Waals surface area contributed by atoms with Crippen LogP contribution >= 0.6 is 0 Å². The monoisotopic (exact) mass is 388 g/mol. The van der Waals surface area contributed by atoms with Crippen molar-refractivity contribution in [3.05, 3.63) is 83.7 Å². The molecule has 29 heavy (non-hydrogen) atoms. The number of hydrogen-bond acceptors (Lipinski definition) is 3. The third kappa shape index (κ3) is 4.93. The molecule has 5 nitrogen and oxygen atoms in total. The average molecular weight is 389 g/mol. The lowest BCUT2D eigenvalue weighted by Gasteiger charge is -2.22. The van der Waals surface area contributed by atoms with E-state index >= 15 is 0 Å². The van der Waals surface area contributed by atoms with Gasteiger partial charge in [-0.1, -0.05) is 30.3 Å². The summed E-state index contributed by atoms with van der Waals surface area (Å²) in [6.07, 6.45) is 7.41. The van der Waals surface area contributed by atoms with Gasteiger partial charge < -0.3 is 10.2 Å². The number of hydrogen-bond donors (Lipinski definition) is 1. The molecule has 0 bridgehead atoms. The van der Waals surface area contributed by atoms with Crippen LogP contribution in [-0.4, -0.2) is 40.7 Å². The summed E-state index contributed by atoms with van der Waals surface area (Å²) in [4.78, 5) is 14.6. The number of carbonyl (C=O) groups excluding carboxylic acids is 1. The van der Waals surface area contributed by atoms with Crippen LogP contribution in [0.5, 0.6) is 0 Å². The second kappa shape index (κ2) is 9.05. The molecule has 5 heteroatoms. The summed E-state index contributed by atoms with van der Waals surface area (Å²) in [7, 11) is 1.84. The molecule has 1 atom stereocenters. The van der Waals surface area contributed by atoms with Gasteiger partial charge in [0.25, 0.3) is 5.91 Å². The van der Waals surface area contributed by atoms with Crippen molar-refractivity contribution in [1.82, 2.24) is 20.0 Å². The first-order valence-electron chi connectivity index (χ1n) is 10.3. The Morgan fingerprint density at radius 3 is 2.66 bits per heavy atom. The second-order valence-electron chi connectivity index (χ2n) is 7.90. The van der Waals surface area contributed by atoms with Gasteiger partial charge in [0, 0.05) is 30.9 Å². The Bertz CT molecular complexity index is 927. The molecule has 1 aliphatic heterocycles. The molecule has 150 valence electrons. The quantitative estimate of drug-likeness (QED) is 0.701. The van der Waals surface area contributed by atoms with Crippen molar-refractivity contribution in [2.24, 2.45) is 5.92 Å². The van der Waals surface area contributed by atoms with Crippen LogP contribution in [-0.2, 0) is 13.0 Å². The van der Waals surface area contributed by atoms with Gasteiger partial charge in [0.2, 0.25) is 0 Å². The highest BCUT2D eigenvalue weighted by Crippen LogP contribution is 2.18. The molecule has 1 aliphatic rings. The summed E-state index contributed by atoms with van der Waals surface area (Å²) >= 11 is 0. The van der Waals surface area contributed by atoms with Gasteiger partial charge in [0.1, 0.15) is 0 Å². The highest BCUT2D eigenvalue weighted by Gasteiger charge is 2.16. The van der Waals surface area contributed by atoms with E-state index in [1.807, 2.05) is 66.6 Å². The fourth-order valence-corrected chi connectivity index (χ4v) is 3.94. The van der Waals surface area contributed by atoms with Gasteiger partial charge in [-0.3, -0.25) is 4.79 Å². The molecule has 1 fully saturated rings. The van der Waals surface area contributed by atoms with Crippen molar-refractivity contribution in [3.63, 3.8) is 0 Å². The molecule has 1 N–H and O–H groups in total. The summed E-state index contributed by atoms with van der Waals surface area (Å²) in [5.74, 6) is 0.734. The molecule has 0 saturated carbocycles. The van der Waals surface area contributed by atoms with Crippen molar-refractivity contribution >= 4 is 5.91 Å². The third-order valence-corrected chi connectivity index (χ3v) is 5.55. The molecule has 1 saturated heterocycles. The molecular formula is C24H28N4O. The topological polar surface area (TPSA) is 50.2 Å². The van der Waals surface area contributed by atoms with Crippen LogP contribution in [0.3, 0.4) is 0 Å². The van der Waals surface area contributed by atoms with E-state index in [4.69, 9.17) is 0 Å². The standard InChI is InChI=1S/C24H28N4O/c1-27(17-21-16-26-28(18-21)23-7-3-2-4-8-23)24(29)22-11-9-19(10-12-22)14-20-6-5-13-25-15-20/h2-4,7-12,16,18,20,25H,5-6,13-15,17H2,1H3. The molecule has 1 amide bonds. The Kier molecular flexibility index (Phi) is 6.06. The fourth-order valence-electron chi connectivity index (χ4n) is 3.94. The summed E-state index contributed by atoms with van der Waals surface area (Å²) < 4.78 is 1.84. The zero-order valence-corrected chi connectivity index (χ0v) is 16.9. The van der Waals surface area contributed by atoms with Gasteiger partial charge in [0.15, 0.2) is 0 Å². The minimum Gasteiger partial charge on any atom is -0.337 e. The van der Waals surface area contributed by atoms with Crippen LogP contribution in [0.1, 0.15) is 34.3 Å². The van der Waals surface area contributed by atoms with Crippen LogP contribution in [0.4, 0.5) is 0 Å². The molecule has 0 aliphatic carbocycles. The maximum atomic E-state index is 12.8. The van der Waals surface area contributed by atoms with Gasteiger partial charge in [0.05, 0.1) is 11.9 Å². The summed E-state index contributed by atoms with van der Waals surface area (Å²) in [5.41, 5.74) is 4.05. The molecule has 2 aromatic carbocycles. The van der Waals surface area contributed by atoms with Crippen molar-refractivity contribution in [3.8, 4) is 5.69 Å². The molecule has 2 heterocycles. The Hall–Kier alpha value is -2.92. The van der Waals surface area contributed by atoms with Crippen LogP contribution < -0.4 is 5.32 Å². The smallest absolute Gasteiger partial charge is 0.253 e. The lowest BCUT2D eigenvalue weighted by molar-refractivity contribution is 0.0785. The first-order chi connectivity index (χ1) is 14.2. The van der Waals surface area contributed by atoms with Gasteiger partial charge in [-0.25, -0.2) is 4.68 Å². The predicted octanol–water partition coefficient (Wildman–Crippen LogP) is 3.69. The maximum absolute atomic E-state index is 12.8. The van der Waals surface area contributed by atoms with Crippen LogP contribution in [0, 0.1) is 5.92 Å². The van der Waals surface area contributed by atoms with E-state index in [1.54, 1.807) is 4.90 Å². The van der Waals surface area contributed by atoms with Gasteiger partial charge >= 0.3 is 0 Å². The fraction of sp³-hybridized carbons (Fsp3) is 0.333. The largest absolute Gasteiger partial charge is 0.337 e. The number of benzene rings is 2. The number of aromatic nitrogens is 2. The molecule has 0 radical (unpaired) electrons. The van der Waals surface area contributed by atoms with Crippen molar-refractivity contribution in [1.29, 1.82) is 0 Å². The van der Waals surface area contributed by atoms with Crippen LogP contribution in [0.2, 0.25) is 0 Å². The summed E-state index contributed by atoms with van der Waals surface area (Å²) in [6.45, 7) is 2.77. The average Bonchev–Trinajstić information content (AvgIpc) is 3.23. The van der Waals surface area contributed by atoms with Crippen molar-refractivity contribution in [2.45, 2.75) is 25.8 Å². The van der Waals surface area contributed by atoms with Crippen LogP contribution in [0.15, 0.2) is 67.0 Å². The Balaban J connectivity index is 1.36. The Morgan fingerprint density at radius 2 is 1.93 bits per heavy atom. The summed E-state index contributed by atoms with van der Waals surface area (Å²) in [5, 5.41) is 7.88. The first kappa shape index (κ1) is 19.4. The minimum absolute atomic E-state index is 0.0309. The molecule has 0 spiro atoms. The molecule has 1 unspecified atom stereocenters. The Morgan fingerprint density at radius 1 is 1.14 bits per heavy atom. The van der Waals surface area contributed by atoms with E-state index in [2.05, 4.69) is 22.5 Å². The number of rotatable bonds is 6. The first-order valence-corrected chi connectivity index (χ1v) is 10.3. The van der Waals surface area contributed by atoms with E-state index in [9.17, 15) is 4.79 Å². The number of piperidine rings is 1. The third-order valence-electron chi connectivity index (χ3n) is 5.55. The number of nitrogens with one attached hydrogen (secondary N) is 1. The highest BCUT2D eigenvalue weighted by molar-refractivity contribution is 5.94. The van der Waals surface area contributed by atoms with Crippen LogP contribution in [0.25, 0.3) is 5.69 Å². The minimum atomic E-state index is 0.0309. The van der Waals surface area contributed by atoms with Crippen molar-refractivity contribution < 1.29 is 4.79 Å². The summed E-state index contributed by atoms with van der Waals surface area (Å²) in [6, 6.07) is 18.1. The van der Waals surface area contributed by atoms with E-state index in [1.165, 1.54) is 18.4 Å². The van der Waals surface area contributed by atoms with E-state index in [0.29, 0.717) is 12.5 Å². The highest BCUT2D eigenvalue weighted by atomic mass is 16.2. The van der Waals surface area contributed by atoms with E-state index in [0.717, 1.165) is 36.3 Å². The SMILES string of the molecule is CN(Cc1cnn(-c2ccccc2)c1)C(=O)c1ccc(CC2CCCNC2)cc1. The number of nitrogens with zero attached hydrogens (tertiary/aromatic N) is 3. The van der Waals surface area contributed by atoms with Gasteiger partial charge in [-0.15, -0.1) is 0 Å². The lowest BCUT2D eigenvalue weighted by atomic mass is 9.92. The van der Waals surface area contributed by atoms with Gasteiger partial charge in [-0.2, -0.15) is 5.10 Å². The number of para-hydroxylation sites is 1. The normalized spacial score (nSPS) is 16.5. The van der Waals surface area contributed by atoms with E-state index < -0.39 is 0 Å². The molecule has 1 aromatic heterocycles. The molecule has 4 rings (SSSR count). The zero-order chi connectivity index (χ0) is 20.1. The zero-order valence-electron chi connectivity index (χ0n) is 16.9. The maximum Gasteiger partial charge on any atom is 0.253 e. The number of carbonyl (C=O) groups is 1. The van der Waals surface area contributed by atoms with E-state index in [-0.39, 0.29) is 5.91 Å². The molecular weight excluding hydrogens is 360 g/mol. The van der Waals surface area contributed by atoms with Crippen molar-refractivity contribution in [2.75, 3.05) is 20.1 Å². The second-order valence-corrected chi connectivity index (χ2v) is 7.90. The lowest BCUT2D eigenvalue weighted by Crippen LogP contribution is -2.30. The molecule has 3 aromatic rings.